The lowest BCUT2D eigenvalue weighted by Crippen LogP contribution is -2.21. The minimum Gasteiger partial charge on any atom is -0.494 e. The number of benzene rings is 1. The van der Waals surface area contributed by atoms with Gasteiger partial charge in [0.25, 0.3) is 5.91 Å². The first-order valence-corrected chi connectivity index (χ1v) is 7.13. The van der Waals surface area contributed by atoms with Crippen molar-refractivity contribution in [2.45, 2.75) is 0 Å². The molecule has 25 heavy (non-hydrogen) atoms. The summed E-state index contributed by atoms with van der Waals surface area (Å²) in [6.07, 6.45) is 0.839. The average Bonchev–Trinajstić information content (AvgIpc) is 2.61. The van der Waals surface area contributed by atoms with E-state index in [4.69, 9.17) is 21.6 Å². The maximum Gasteiger partial charge on any atom is 0.273 e. The molecule has 0 aliphatic heterocycles. The number of carbonyl (C=O) groups excluding carboxylic acids is 1. The van der Waals surface area contributed by atoms with Gasteiger partial charge in [0.15, 0.2) is 11.4 Å². The first kappa shape index (κ1) is 17.7. The molecule has 0 saturated carbocycles. The van der Waals surface area contributed by atoms with Gasteiger partial charge in [-0.05, 0) is 12.1 Å². The van der Waals surface area contributed by atoms with Crippen LogP contribution in [0, 0.1) is 5.41 Å². The van der Waals surface area contributed by atoms with E-state index in [1.165, 1.54) is 20.2 Å². The van der Waals surface area contributed by atoms with E-state index in [0.29, 0.717) is 22.7 Å². The van der Waals surface area contributed by atoms with Crippen LogP contribution >= 0.6 is 0 Å². The highest BCUT2D eigenvalue weighted by molar-refractivity contribution is 6.05. The smallest absolute Gasteiger partial charge is 0.273 e. The Labute approximate surface area is 143 Å². The number of anilines is 3. The Bertz CT molecular complexity index is 834. The molecule has 0 radical (unpaired) electrons. The van der Waals surface area contributed by atoms with Gasteiger partial charge in [-0.15, -0.1) is 10.2 Å². The van der Waals surface area contributed by atoms with Crippen LogP contribution in [0.25, 0.3) is 0 Å². The third-order valence-electron chi connectivity index (χ3n) is 3.22. The van der Waals surface area contributed by atoms with Crippen molar-refractivity contribution in [3.05, 3.63) is 35.5 Å². The molecule has 0 spiro atoms. The van der Waals surface area contributed by atoms with E-state index >= 15 is 0 Å². The third kappa shape index (κ3) is 3.80. The molecule has 2 rings (SSSR count). The highest BCUT2D eigenvalue weighted by atomic mass is 16.5. The normalized spacial score (nSPS) is 10.9. The number of rotatable bonds is 6. The van der Waals surface area contributed by atoms with Gasteiger partial charge in [-0.1, -0.05) is 6.07 Å². The molecule has 1 amide bonds. The molecule has 1 aromatic heterocycles. The Kier molecular flexibility index (Phi) is 5.46. The van der Waals surface area contributed by atoms with Gasteiger partial charge in [0.2, 0.25) is 0 Å². The van der Waals surface area contributed by atoms with E-state index in [1.54, 1.807) is 18.2 Å². The fourth-order valence-corrected chi connectivity index (χ4v) is 2.13. The van der Waals surface area contributed by atoms with Gasteiger partial charge in [-0.2, -0.15) is 0 Å². The summed E-state index contributed by atoms with van der Waals surface area (Å²) >= 11 is 0. The van der Waals surface area contributed by atoms with Gasteiger partial charge in [0.05, 0.1) is 24.0 Å². The van der Waals surface area contributed by atoms with Crippen LogP contribution in [0.2, 0.25) is 0 Å². The van der Waals surface area contributed by atoms with Crippen LogP contribution in [0.5, 0.6) is 5.75 Å². The molecule has 10 heteroatoms. The number of nitrogens with one attached hydrogen (secondary N) is 3. The van der Waals surface area contributed by atoms with Gasteiger partial charge >= 0.3 is 0 Å². The van der Waals surface area contributed by atoms with Gasteiger partial charge in [-0.3, -0.25) is 10.2 Å². The largest absolute Gasteiger partial charge is 0.494 e. The lowest BCUT2D eigenvalue weighted by Gasteiger charge is -2.16. The van der Waals surface area contributed by atoms with Gasteiger partial charge in [-0.25, -0.2) is 4.99 Å². The van der Waals surface area contributed by atoms with E-state index in [1.807, 2.05) is 0 Å². The second-order valence-electron chi connectivity index (χ2n) is 4.77. The predicted octanol–water partition coefficient (Wildman–Crippen LogP) is 0.483. The van der Waals surface area contributed by atoms with Crippen molar-refractivity contribution in [1.29, 1.82) is 5.41 Å². The molecular formula is C15H18N8O2. The monoisotopic (exact) mass is 342 g/mol. The first-order chi connectivity index (χ1) is 12.0. The molecule has 0 aliphatic rings. The number of nitrogens with two attached hydrogens (primary N) is 2. The fourth-order valence-electron chi connectivity index (χ4n) is 2.13. The Morgan fingerprint density at radius 2 is 2.12 bits per heavy atom. The minimum atomic E-state index is -0.421. The summed E-state index contributed by atoms with van der Waals surface area (Å²) in [5.41, 5.74) is 13.0. The summed E-state index contributed by atoms with van der Waals surface area (Å²) < 4.78 is 5.41. The molecule has 0 unspecified atom stereocenters. The number of aliphatic imine (C=N–C) groups is 1. The number of hydrogen-bond donors (Lipinski definition) is 5. The number of nitrogen functional groups attached to an aromatic ring is 1. The van der Waals surface area contributed by atoms with E-state index in [2.05, 4.69) is 25.8 Å². The molecule has 2 aromatic rings. The molecule has 130 valence electrons. The van der Waals surface area contributed by atoms with E-state index in [9.17, 15) is 4.79 Å². The second kappa shape index (κ2) is 7.73. The number of para-hydroxylation sites is 1. The van der Waals surface area contributed by atoms with Gasteiger partial charge in [0, 0.05) is 13.1 Å². The van der Waals surface area contributed by atoms with Crippen LogP contribution in [-0.2, 0) is 0 Å². The predicted molar refractivity (Wildman–Crippen MR) is 95.6 cm³/mol. The van der Waals surface area contributed by atoms with Crippen molar-refractivity contribution >= 4 is 35.3 Å². The molecule has 1 aromatic carbocycles. The molecule has 10 nitrogen and oxygen atoms in total. The number of hydrogen-bond acceptors (Lipinski definition) is 7. The third-order valence-corrected chi connectivity index (χ3v) is 3.22. The van der Waals surface area contributed by atoms with Crippen molar-refractivity contribution in [3.8, 4) is 5.75 Å². The summed E-state index contributed by atoms with van der Waals surface area (Å²) in [6.45, 7) is 0. The van der Waals surface area contributed by atoms with Crippen LogP contribution in [0.1, 0.15) is 16.1 Å². The average molecular weight is 342 g/mol. The zero-order valence-corrected chi connectivity index (χ0v) is 13.7. The second-order valence-corrected chi connectivity index (χ2v) is 4.77. The number of methoxy groups -OCH3 is 1. The van der Waals surface area contributed by atoms with E-state index in [-0.39, 0.29) is 17.3 Å². The maximum atomic E-state index is 12.0. The van der Waals surface area contributed by atoms with Crippen LogP contribution in [-0.4, -0.2) is 42.4 Å². The Balaban J connectivity index is 2.53. The van der Waals surface area contributed by atoms with Crippen molar-refractivity contribution in [1.82, 2.24) is 15.5 Å². The fraction of sp³-hybridized carbons (Fsp3) is 0.133. The molecule has 0 atom stereocenters. The number of carbonyl (C=O) groups is 1. The zero-order valence-electron chi connectivity index (χ0n) is 13.7. The molecule has 1 heterocycles. The Morgan fingerprint density at radius 3 is 2.76 bits per heavy atom. The van der Waals surface area contributed by atoms with Crippen LogP contribution in [0.15, 0.2) is 29.3 Å². The van der Waals surface area contributed by atoms with Crippen LogP contribution in [0.3, 0.4) is 0 Å². The molecule has 0 aliphatic carbocycles. The number of ether oxygens (including phenoxy) is 1. The first-order valence-electron chi connectivity index (χ1n) is 7.13. The van der Waals surface area contributed by atoms with E-state index in [0.717, 1.165) is 6.34 Å². The molecule has 0 fully saturated rings. The summed E-state index contributed by atoms with van der Waals surface area (Å²) in [5.74, 6) is 0.239. The number of amidine groups is 1. The lowest BCUT2D eigenvalue weighted by molar-refractivity contribution is 0.0958. The topological polar surface area (TPSA) is 164 Å². The minimum absolute atomic E-state index is 0.0743. The SMILES string of the molecule is CNC(=O)c1nnc(N)cc1Nc1cccc(C(N)=NC=N)c1OC. The van der Waals surface area contributed by atoms with Crippen molar-refractivity contribution < 1.29 is 9.53 Å². The quantitative estimate of drug-likeness (QED) is 0.376. The summed E-state index contributed by atoms with van der Waals surface area (Å²) in [5, 5.41) is 20.1. The molecule has 0 saturated heterocycles. The summed E-state index contributed by atoms with van der Waals surface area (Å²) in [7, 11) is 2.96. The molecule has 7 N–H and O–H groups in total. The summed E-state index contributed by atoms with van der Waals surface area (Å²) in [4.78, 5) is 15.7. The van der Waals surface area contributed by atoms with Gasteiger partial charge in [0.1, 0.15) is 18.0 Å². The highest BCUT2D eigenvalue weighted by Gasteiger charge is 2.17. The van der Waals surface area contributed by atoms with E-state index < -0.39 is 5.91 Å². The Morgan fingerprint density at radius 1 is 1.36 bits per heavy atom. The zero-order chi connectivity index (χ0) is 18.4. The maximum absolute atomic E-state index is 12.0. The number of aromatic nitrogens is 2. The van der Waals surface area contributed by atoms with Crippen LogP contribution in [0.4, 0.5) is 17.2 Å². The van der Waals surface area contributed by atoms with Crippen molar-refractivity contribution in [3.63, 3.8) is 0 Å². The molecule has 0 bridgehead atoms. The summed E-state index contributed by atoms with van der Waals surface area (Å²) in [6, 6.07) is 6.64. The van der Waals surface area contributed by atoms with Crippen LogP contribution < -0.4 is 26.8 Å². The van der Waals surface area contributed by atoms with Crippen molar-refractivity contribution in [2.24, 2.45) is 10.7 Å². The highest BCUT2D eigenvalue weighted by Crippen LogP contribution is 2.32. The number of nitrogens with zero attached hydrogens (tertiary/aromatic N) is 3. The van der Waals surface area contributed by atoms with Crippen molar-refractivity contribution in [2.75, 3.05) is 25.2 Å². The van der Waals surface area contributed by atoms with Gasteiger partial charge < -0.3 is 26.8 Å². The lowest BCUT2D eigenvalue weighted by atomic mass is 10.1. The Hall–Kier alpha value is -3.69. The molecular weight excluding hydrogens is 324 g/mol. The number of amides is 1. The standard InChI is InChI=1S/C15H18N8O2/c1-19-15(24)12-10(6-11(17)22-23-12)21-9-5-3-4-8(13(9)25-2)14(18)20-7-16/h3-7H,1-2H3,(H,19,24)(H3,16,18,20)(H3,17,21,22).